The Morgan fingerprint density at radius 1 is 1.11 bits per heavy atom. The van der Waals surface area contributed by atoms with Crippen molar-refractivity contribution in [1.29, 1.82) is 0 Å². The van der Waals surface area contributed by atoms with Crippen LogP contribution in [0.1, 0.15) is 18.4 Å². The Morgan fingerprint density at radius 2 is 1.78 bits per heavy atom. The van der Waals surface area contributed by atoms with E-state index in [-0.39, 0.29) is 24.6 Å². The Kier molecular flexibility index (Phi) is 5.64. The average molecular weight is 248 g/mol. The van der Waals surface area contributed by atoms with Crippen LogP contribution in [0.15, 0.2) is 30.3 Å². The lowest BCUT2D eigenvalue weighted by Crippen LogP contribution is -2.03. The molecule has 4 heteroatoms. The number of carbonyl (C=O) groups excluding carboxylic acids is 2. The average Bonchev–Trinajstić information content (AvgIpc) is 2.42. The Balaban J connectivity index is 2.47. The minimum atomic E-state index is -0.374. The van der Waals surface area contributed by atoms with E-state index in [0.717, 1.165) is 11.3 Å². The molecule has 0 unspecified atom stereocenters. The highest BCUT2D eigenvalue weighted by Gasteiger charge is 2.03. The number of esters is 1. The molecule has 0 saturated carbocycles. The van der Waals surface area contributed by atoms with E-state index in [0.29, 0.717) is 0 Å². The van der Waals surface area contributed by atoms with Crippen LogP contribution in [-0.4, -0.2) is 26.0 Å². The monoisotopic (exact) mass is 248 g/mol. The molecule has 1 aromatic rings. The molecule has 96 valence electrons. The summed E-state index contributed by atoms with van der Waals surface area (Å²) in [5.74, 6) is 0.293. The minimum Gasteiger partial charge on any atom is -0.497 e. The number of ketones is 1. The van der Waals surface area contributed by atoms with Crippen LogP contribution in [0.5, 0.6) is 5.75 Å². The van der Waals surface area contributed by atoms with Crippen LogP contribution >= 0.6 is 0 Å². The Bertz CT molecular complexity index is 432. The lowest BCUT2D eigenvalue weighted by Gasteiger charge is -1.99. The number of carbonyl (C=O) groups is 2. The molecule has 0 atom stereocenters. The molecule has 0 aliphatic carbocycles. The smallest absolute Gasteiger partial charge is 0.305 e. The van der Waals surface area contributed by atoms with Gasteiger partial charge in [-0.15, -0.1) is 0 Å². The van der Waals surface area contributed by atoms with Gasteiger partial charge in [0.2, 0.25) is 0 Å². The number of hydrogen-bond donors (Lipinski definition) is 0. The molecule has 0 heterocycles. The number of hydrogen-bond acceptors (Lipinski definition) is 4. The molecular weight excluding hydrogens is 232 g/mol. The van der Waals surface area contributed by atoms with Gasteiger partial charge in [-0.1, -0.05) is 18.2 Å². The predicted octanol–water partition coefficient (Wildman–Crippen LogP) is 2.23. The first kappa shape index (κ1) is 14.0. The molecule has 0 amide bonds. The van der Waals surface area contributed by atoms with Crippen LogP contribution in [0.4, 0.5) is 0 Å². The fraction of sp³-hybridized carbons (Fsp3) is 0.286. The van der Waals surface area contributed by atoms with Crippen LogP contribution < -0.4 is 4.74 Å². The highest BCUT2D eigenvalue weighted by atomic mass is 16.5. The minimum absolute atomic E-state index is 0.101. The second kappa shape index (κ2) is 7.27. The predicted molar refractivity (Wildman–Crippen MR) is 68.3 cm³/mol. The van der Waals surface area contributed by atoms with Crippen molar-refractivity contribution in [3.05, 3.63) is 35.9 Å². The largest absolute Gasteiger partial charge is 0.497 e. The molecule has 0 saturated heterocycles. The number of benzene rings is 1. The summed E-state index contributed by atoms with van der Waals surface area (Å²) >= 11 is 0. The third-order valence-corrected chi connectivity index (χ3v) is 2.38. The van der Waals surface area contributed by atoms with E-state index in [9.17, 15) is 9.59 Å². The molecule has 1 rings (SSSR count). The first-order valence-corrected chi connectivity index (χ1v) is 5.57. The van der Waals surface area contributed by atoms with E-state index in [1.807, 2.05) is 24.3 Å². The number of ether oxygens (including phenoxy) is 2. The van der Waals surface area contributed by atoms with Gasteiger partial charge in [-0.25, -0.2) is 0 Å². The van der Waals surface area contributed by atoms with Gasteiger partial charge in [-0.05, 0) is 23.8 Å². The SMILES string of the molecule is COC(=O)CCC(=O)/C=C/c1ccc(OC)cc1. The highest BCUT2D eigenvalue weighted by Crippen LogP contribution is 2.12. The van der Waals surface area contributed by atoms with Gasteiger partial charge >= 0.3 is 5.97 Å². The van der Waals surface area contributed by atoms with Gasteiger partial charge in [0.05, 0.1) is 20.6 Å². The Hall–Kier alpha value is -2.10. The zero-order valence-corrected chi connectivity index (χ0v) is 10.5. The van der Waals surface area contributed by atoms with Crippen molar-refractivity contribution in [1.82, 2.24) is 0 Å². The van der Waals surface area contributed by atoms with Gasteiger partial charge in [-0.2, -0.15) is 0 Å². The summed E-state index contributed by atoms with van der Waals surface area (Å²) in [6.07, 6.45) is 3.45. The van der Waals surface area contributed by atoms with Crippen LogP contribution in [0.3, 0.4) is 0 Å². The van der Waals surface area contributed by atoms with Crippen molar-refractivity contribution in [2.75, 3.05) is 14.2 Å². The maximum Gasteiger partial charge on any atom is 0.305 e. The summed E-state index contributed by atoms with van der Waals surface area (Å²) in [7, 11) is 2.90. The molecule has 1 aromatic carbocycles. The zero-order valence-electron chi connectivity index (χ0n) is 10.5. The van der Waals surface area contributed by atoms with Crippen LogP contribution in [0.2, 0.25) is 0 Å². The molecule has 4 nitrogen and oxygen atoms in total. The van der Waals surface area contributed by atoms with Crippen molar-refractivity contribution in [2.24, 2.45) is 0 Å². The molecule has 0 aliphatic heterocycles. The lowest BCUT2D eigenvalue weighted by molar-refractivity contribution is -0.141. The molecule has 0 spiro atoms. The third-order valence-electron chi connectivity index (χ3n) is 2.38. The van der Waals surface area contributed by atoms with Crippen molar-refractivity contribution < 1.29 is 19.1 Å². The summed E-state index contributed by atoms with van der Waals surface area (Å²) in [5, 5.41) is 0. The summed E-state index contributed by atoms with van der Waals surface area (Å²) < 4.78 is 9.49. The van der Waals surface area contributed by atoms with Crippen LogP contribution in [0.25, 0.3) is 6.08 Å². The normalized spacial score (nSPS) is 10.3. The van der Waals surface area contributed by atoms with Gasteiger partial charge in [0.25, 0.3) is 0 Å². The number of methoxy groups -OCH3 is 2. The Labute approximate surface area is 106 Å². The first-order chi connectivity index (χ1) is 8.65. The van der Waals surface area contributed by atoms with Crippen LogP contribution in [0, 0.1) is 0 Å². The van der Waals surface area contributed by atoms with Gasteiger partial charge in [-0.3, -0.25) is 9.59 Å². The second-order valence-electron chi connectivity index (χ2n) is 3.65. The topological polar surface area (TPSA) is 52.6 Å². The molecule has 0 bridgehead atoms. The number of rotatable bonds is 6. The van der Waals surface area contributed by atoms with E-state index in [1.165, 1.54) is 13.2 Å². The molecule has 18 heavy (non-hydrogen) atoms. The summed E-state index contributed by atoms with van der Waals surface area (Å²) in [4.78, 5) is 22.3. The zero-order chi connectivity index (χ0) is 13.4. The van der Waals surface area contributed by atoms with E-state index in [4.69, 9.17) is 4.74 Å². The number of allylic oxidation sites excluding steroid dienone is 1. The standard InChI is InChI=1S/C14H16O4/c1-17-13-8-4-11(5-9-13)3-6-12(15)7-10-14(16)18-2/h3-6,8-9H,7,10H2,1-2H3/b6-3+. The maximum atomic E-state index is 11.4. The van der Waals surface area contributed by atoms with Gasteiger partial charge < -0.3 is 9.47 Å². The van der Waals surface area contributed by atoms with Crippen molar-refractivity contribution in [3.8, 4) is 5.75 Å². The van der Waals surface area contributed by atoms with E-state index in [1.54, 1.807) is 13.2 Å². The van der Waals surface area contributed by atoms with Gasteiger partial charge in [0.1, 0.15) is 5.75 Å². The van der Waals surface area contributed by atoms with Crippen LogP contribution in [-0.2, 0) is 14.3 Å². The van der Waals surface area contributed by atoms with Gasteiger partial charge in [0.15, 0.2) is 5.78 Å². The lowest BCUT2D eigenvalue weighted by atomic mass is 10.1. The van der Waals surface area contributed by atoms with Crippen molar-refractivity contribution in [3.63, 3.8) is 0 Å². The fourth-order valence-electron chi connectivity index (χ4n) is 1.31. The third kappa shape index (κ3) is 4.82. The molecule has 0 radical (unpaired) electrons. The molecule has 0 aliphatic rings. The highest BCUT2D eigenvalue weighted by molar-refractivity contribution is 5.95. The molecule has 0 aromatic heterocycles. The Morgan fingerprint density at radius 3 is 2.33 bits per heavy atom. The summed E-state index contributed by atoms with van der Waals surface area (Å²) in [6, 6.07) is 7.34. The maximum absolute atomic E-state index is 11.4. The quantitative estimate of drug-likeness (QED) is 0.572. The van der Waals surface area contributed by atoms with E-state index in [2.05, 4.69) is 4.74 Å². The van der Waals surface area contributed by atoms with E-state index >= 15 is 0 Å². The first-order valence-electron chi connectivity index (χ1n) is 5.57. The van der Waals surface area contributed by atoms with Crippen molar-refractivity contribution in [2.45, 2.75) is 12.8 Å². The summed E-state index contributed by atoms with van der Waals surface area (Å²) in [6.45, 7) is 0. The summed E-state index contributed by atoms with van der Waals surface area (Å²) in [5.41, 5.74) is 0.905. The molecule has 0 N–H and O–H groups in total. The second-order valence-corrected chi connectivity index (χ2v) is 3.65. The van der Waals surface area contributed by atoms with Crippen molar-refractivity contribution >= 4 is 17.8 Å². The fourth-order valence-corrected chi connectivity index (χ4v) is 1.31. The molecular formula is C14H16O4. The molecule has 0 fully saturated rings. The van der Waals surface area contributed by atoms with Gasteiger partial charge in [0, 0.05) is 6.42 Å². The van der Waals surface area contributed by atoms with E-state index < -0.39 is 0 Å².